The van der Waals surface area contributed by atoms with Crippen molar-refractivity contribution in [3.63, 3.8) is 0 Å². The summed E-state index contributed by atoms with van der Waals surface area (Å²) in [5.41, 5.74) is 0. The Morgan fingerprint density at radius 3 is 2.38 bits per heavy atom. The van der Waals surface area contributed by atoms with Gasteiger partial charge in [0.25, 0.3) is 0 Å². The Kier molecular flexibility index (Phi) is 2.37. The van der Waals surface area contributed by atoms with Gasteiger partial charge in [-0.05, 0) is 43.9 Å². The standard InChI is InChI=1S/C12H18N2O2/c15-11(14-10-1-2-10)6-13-12(16)9-4-7-3-8(7)5-9/h7-10H,1-6H2,(H,13,16)(H,14,15). The average molecular weight is 222 g/mol. The molecule has 0 saturated heterocycles. The van der Waals surface area contributed by atoms with Crippen molar-refractivity contribution in [2.75, 3.05) is 6.54 Å². The van der Waals surface area contributed by atoms with Gasteiger partial charge in [-0.25, -0.2) is 0 Å². The van der Waals surface area contributed by atoms with Crippen LogP contribution in [0.3, 0.4) is 0 Å². The molecule has 2 unspecified atom stereocenters. The van der Waals surface area contributed by atoms with Gasteiger partial charge in [0, 0.05) is 12.0 Å². The lowest BCUT2D eigenvalue weighted by atomic mass is 10.0. The Morgan fingerprint density at radius 2 is 1.75 bits per heavy atom. The second-order valence-corrected chi connectivity index (χ2v) is 5.48. The van der Waals surface area contributed by atoms with Gasteiger partial charge in [-0.15, -0.1) is 0 Å². The predicted molar refractivity (Wildman–Crippen MR) is 58.5 cm³/mol. The minimum Gasteiger partial charge on any atom is -0.352 e. The fraction of sp³-hybridized carbons (Fsp3) is 0.833. The van der Waals surface area contributed by atoms with E-state index < -0.39 is 0 Å². The fourth-order valence-corrected chi connectivity index (χ4v) is 2.75. The van der Waals surface area contributed by atoms with Gasteiger partial charge in [0.2, 0.25) is 11.8 Å². The van der Waals surface area contributed by atoms with E-state index >= 15 is 0 Å². The van der Waals surface area contributed by atoms with Crippen LogP contribution in [-0.4, -0.2) is 24.4 Å². The van der Waals surface area contributed by atoms with Crippen LogP contribution in [0.15, 0.2) is 0 Å². The number of carbonyl (C=O) groups is 2. The molecule has 0 aromatic rings. The zero-order valence-corrected chi connectivity index (χ0v) is 9.37. The number of fused-ring (bicyclic) bond motifs is 1. The topological polar surface area (TPSA) is 58.2 Å². The van der Waals surface area contributed by atoms with E-state index in [1.165, 1.54) is 6.42 Å². The highest BCUT2D eigenvalue weighted by Crippen LogP contribution is 2.54. The number of rotatable bonds is 4. The maximum atomic E-state index is 11.7. The number of nitrogens with one attached hydrogen (secondary N) is 2. The summed E-state index contributed by atoms with van der Waals surface area (Å²) in [5.74, 6) is 1.85. The van der Waals surface area contributed by atoms with Crippen molar-refractivity contribution in [3.05, 3.63) is 0 Å². The van der Waals surface area contributed by atoms with E-state index in [0.29, 0.717) is 6.04 Å². The fourth-order valence-electron chi connectivity index (χ4n) is 2.75. The number of hydrogen-bond donors (Lipinski definition) is 2. The second-order valence-electron chi connectivity index (χ2n) is 5.48. The average Bonchev–Trinajstić information content (AvgIpc) is 3.17. The van der Waals surface area contributed by atoms with Crippen molar-refractivity contribution >= 4 is 11.8 Å². The first-order valence-electron chi connectivity index (χ1n) is 6.29. The minimum atomic E-state index is -0.0426. The molecule has 2 atom stereocenters. The molecule has 0 aliphatic heterocycles. The van der Waals surface area contributed by atoms with Gasteiger partial charge in [0.05, 0.1) is 6.54 Å². The van der Waals surface area contributed by atoms with E-state index in [1.54, 1.807) is 0 Å². The molecule has 88 valence electrons. The third-order valence-electron chi connectivity index (χ3n) is 3.98. The minimum absolute atomic E-state index is 0.0426. The van der Waals surface area contributed by atoms with Gasteiger partial charge >= 0.3 is 0 Å². The van der Waals surface area contributed by atoms with E-state index in [4.69, 9.17) is 0 Å². The summed E-state index contributed by atoms with van der Waals surface area (Å²) in [6.07, 6.45) is 5.59. The van der Waals surface area contributed by atoms with Crippen molar-refractivity contribution in [2.24, 2.45) is 17.8 Å². The zero-order valence-electron chi connectivity index (χ0n) is 9.37. The first-order chi connectivity index (χ1) is 7.72. The van der Waals surface area contributed by atoms with Crippen molar-refractivity contribution < 1.29 is 9.59 Å². The van der Waals surface area contributed by atoms with Crippen LogP contribution in [0.5, 0.6) is 0 Å². The van der Waals surface area contributed by atoms with E-state index in [1.807, 2.05) is 0 Å². The third-order valence-corrected chi connectivity index (χ3v) is 3.98. The Bertz CT molecular complexity index is 315. The molecular weight excluding hydrogens is 204 g/mol. The number of hydrogen-bond acceptors (Lipinski definition) is 2. The lowest BCUT2D eigenvalue weighted by Gasteiger charge is -2.12. The molecule has 16 heavy (non-hydrogen) atoms. The van der Waals surface area contributed by atoms with Crippen LogP contribution in [0.25, 0.3) is 0 Å². The molecule has 2 amide bonds. The molecule has 3 fully saturated rings. The second kappa shape index (κ2) is 3.75. The molecule has 3 aliphatic rings. The summed E-state index contributed by atoms with van der Waals surface area (Å²) in [6.45, 7) is 0.154. The lowest BCUT2D eigenvalue weighted by molar-refractivity contribution is -0.128. The van der Waals surface area contributed by atoms with Crippen LogP contribution in [-0.2, 0) is 9.59 Å². The van der Waals surface area contributed by atoms with E-state index in [9.17, 15) is 9.59 Å². The summed E-state index contributed by atoms with van der Waals surface area (Å²) in [6, 6.07) is 0.378. The first kappa shape index (κ1) is 10.1. The van der Waals surface area contributed by atoms with Gasteiger partial charge in [0.15, 0.2) is 0 Å². The maximum absolute atomic E-state index is 11.7. The predicted octanol–water partition coefficient (Wildman–Crippen LogP) is 0.427. The molecular formula is C12H18N2O2. The molecule has 0 bridgehead atoms. The lowest BCUT2D eigenvalue weighted by Crippen LogP contribution is -2.40. The smallest absolute Gasteiger partial charge is 0.239 e. The Balaban J connectivity index is 1.37. The molecule has 3 rings (SSSR count). The quantitative estimate of drug-likeness (QED) is 0.724. The van der Waals surface area contributed by atoms with Gasteiger partial charge in [-0.3, -0.25) is 9.59 Å². The molecule has 3 saturated carbocycles. The van der Waals surface area contributed by atoms with Crippen LogP contribution in [0, 0.1) is 17.8 Å². The van der Waals surface area contributed by atoms with Gasteiger partial charge in [-0.2, -0.15) is 0 Å². The molecule has 2 N–H and O–H groups in total. The monoisotopic (exact) mass is 222 g/mol. The van der Waals surface area contributed by atoms with Crippen molar-refractivity contribution in [2.45, 2.75) is 38.1 Å². The van der Waals surface area contributed by atoms with Gasteiger partial charge in [0.1, 0.15) is 0 Å². The number of amides is 2. The highest BCUT2D eigenvalue weighted by Gasteiger charge is 2.47. The maximum Gasteiger partial charge on any atom is 0.239 e. The normalized spacial score (nSPS) is 35.4. The van der Waals surface area contributed by atoms with Crippen LogP contribution in [0.4, 0.5) is 0 Å². The highest BCUT2D eigenvalue weighted by atomic mass is 16.2. The SMILES string of the molecule is O=C(CNC(=O)C1CC2CC2C1)NC1CC1. The molecule has 3 aliphatic carbocycles. The molecule has 0 spiro atoms. The van der Waals surface area contributed by atoms with E-state index in [2.05, 4.69) is 10.6 Å². The van der Waals surface area contributed by atoms with Crippen molar-refractivity contribution in [1.29, 1.82) is 0 Å². The molecule has 0 radical (unpaired) electrons. The van der Waals surface area contributed by atoms with Crippen LogP contribution in [0.1, 0.15) is 32.1 Å². The molecule has 0 aromatic heterocycles. The largest absolute Gasteiger partial charge is 0.352 e. The Hall–Kier alpha value is -1.06. The molecule has 4 heteroatoms. The van der Waals surface area contributed by atoms with Crippen molar-refractivity contribution in [1.82, 2.24) is 10.6 Å². The first-order valence-corrected chi connectivity index (χ1v) is 6.29. The third kappa shape index (κ3) is 2.20. The highest BCUT2D eigenvalue weighted by molar-refractivity contribution is 5.86. The zero-order chi connectivity index (χ0) is 11.1. The summed E-state index contributed by atoms with van der Waals surface area (Å²) < 4.78 is 0. The summed E-state index contributed by atoms with van der Waals surface area (Å²) in [7, 11) is 0. The van der Waals surface area contributed by atoms with E-state index in [-0.39, 0.29) is 24.3 Å². The summed E-state index contributed by atoms with van der Waals surface area (Å²) in [4.78, 5) is 23.1. The molecule has 4 nitrogen and oxygen atoms in total. The van der Waals surface area contributed by atoms with E-state index in [0.717, 1.165) is 37.5 Å². The van der Waals surface area contributed by atoms with Crippen LogP contribution >= 0.6 is 0 Å². The summed E-state index contributed by atoms with van der Waals surface area (Å²) in [5, 5.41) is 5.61. The van der Waals surface area contributed by atoms with Crippen LogP contribution in [0.2, 0.25) is 0 Å². The van der Waals surface area contributed by atoms with Crippen molar-refractivity contribution in [3.8, 4) is 0 Å². The number of carbonyl (C=O) groups excluding carboxylic acids is 2. The Labute approximate surface area is 95.2 Å². The Morgan fingerprint density at radius 1 is 1.06 bits per heavy atom. The summed E-state index contributed by atoms with van der Waals surface area (Å²) >= 11 is 0. The van der Waals surface area contributed by atoms with Crippen LogP contribution < -0.4 is 10.6 Å². The molecule has 0 heterocycles. The van der Waals surface area contributed by atoms with Gasteiger partial charge < -0.3 is 10.6 Å². The van der Waals surface area contributed by atoms with Gasteiger partial charge in [-0.1, -0.05) is 0 Å². The molecule has 0 aromatic carbocycles.